The molecule has 5 nitrogen and oxygen atoms in total. The van der Waals surface area contributed by atoms with Crippen LogP contribution in [0.15, 0.2) is 77.0 Å². The van der Waals surface area contributed by atoms with Gasteiger partial charge in [0.2, 0.25) is 15.9 Å². The molecule has 0 aliphatic carbocycles. The average Bonchev–Trinajstić information content (AvgIpc) is 3.34. The number of thiophene rings is 1. The Morgan fingerprint density at radius 1 is 0.914 bits per heavy atom. The lowest BCUT2D eigenvalue weighted by Gasteiger charge is -2.27. The smallest absolute Gasteiger partial charge is 0.243 e. The van der Waals surface area contributed by atoms with E-state index >= 15 is 0 Å². The quantitative estimate of drug-likeness (QED) is 0.314. The fourth-order valence-electron chi connectivity index (χ4n) is 3.77. The van der Waals surface area contributed by atoms with Crippen molar-refractivity contribution in [3.8, 4) is 0 Å². The van der Waals surface area contributed by atoms with Gasteiger partial charge in [0.1, 0.15) is 0 Å². The van der Waals surface area contributed by atoms with Crippen molar-refractivity contribution in [3.05, 3.63) is 88.1 Å². The largest absolute Gasteiger partial charge is 0.332 e. The van der Waals surface area contributed by atoms with E-state index in [4.69, 9.17) is 0 Å². The second kappa shape index (κ2) is 12.0. The summed E-state index contributed by atoms with van der Waals surface area (Å²) in [4.78, 5) is 16.6. The summed E-state index contributed by atoms with van der Waals surface area (Å²) in [5, 5.41) is 1.99. The van der Waals surface area contributed by atoms with Crippen LogP contribution in [0.5, 0.6) is 0 Å². The molecule has 1 aromatic heterocycles. The van der Waals surface area contributed by atoms with Gasteiger partial charge in [-0.15, -0.1) is 11.3 Å². The van der Waals surface area contributed by atoms with Gasteiger partial charge < -0.3 is 4.90 Å². The van der Waals surface area contributed by atoms with Crippen molar-refractivity contribution in [1.82, 2.24) is 9.21 Å². The zero-order valence-electron chi connectivity index (χ0n) is 21.1. The lowest BCUT2D eigenvalue weighted by Crippen LogP contribution is -2.42. The van der Waals surface area contributed by atoms with E-state index in [1.54, 1.807) is 28.4 Å². The van der Waals surface area contributed by atoms with E-state index in [1.807, 2.05) is 66.9 Å². The van der Waals surface area contributed by atoms with Crippen LogP contribution in [-0.4, -0.2) is 36.6 Å². The predicted molar refractivity (Wildman–Crippen MR) is 144 cm³/mol. The fraction of sp³-hybridized carbons (Fsp3) is 0.393. The van der Waals surface area contributed by atoms with Crippen LogP contribution in [0.2, 0.25) is 0 Å². The van der Waals surface area contributed by atoms with Crippen molar-refractivity contribution in [2.24, 2.45) is 0 Å². The Morgan fingerprint density at radius 2 is 1.60 bits per heavy atom. The molecule has 7 heteroatoms. The van der Waals surface area contributed by atoms with E-state index in [9.17, 15) is 13.2 Å². The molecule has 35 heavy (non-hydrogen) atoms. The monoisotopic (exact) mass is 512 g/mol. The van der Waals surface area contributed by atoms with E-state index in [2.05, 4.69) is 20.8 Å². The Morgan fingerprint density at radius 3 is 2.17 bits per heavy atom. The van der Waals surface area contributed by atoms with Crippen LogP contribution in [0.25, 0.3) is 0 Å². The van der Waals surface area contributed by atoms with Crippen LogP contribution in [0.4, 0.5) is 0 Å². The molecule has 0 spiro atoms. The summed E-state index contributed by atoms with van der Waals surface area (Å²) in [6.45, 7) is 9.31. The number of carbonyl (C=O) groups excluding carboxylic acids is 1. The lowest BCUT2D eigenvalue weighted by atomic mass is 9.87. The lowest BCUT2D eigenvalue weighted by molar-refractivity contribution is -0.132. The highest BCUT2D eigenvalue weighted by atomic mass is 32.2. The third kappa shape index (κ3) is 7.50. The number of carbonyl (C=O) groups is 1. The third-order valence-electron chi connectivity index (χ3n) is 5.93. The molecule has 0 unspecified atom stereocenters. The number of amides is 1. The summed E-state index contributed by atoms with van der Waals surface area (Å²) >= 11 is 1.59. The highest BCUT2D eigenvalue weighted by Crippen LogP contribution is 2.25. The number of hydrogen-bond donors (Lipinski definition) is 0. The molecular weight excluding hydrogens is 476 g/mol. The highest BCUT2D eigenvalue weighted by Gasteiger charge is 2.29. The van der Waals surface area contributed by atoms with Crippen LogP contribution in [0, 0.1) is 0 Å². The van der Waals surface area contributed by atoms with Crippen molar-refractivity contribution >= 4 is 27.3 Å². The van der Waals surface area contributed by atoms with Gasteiger partial charge in [-0.3, -0.25) is 4.79 Å². The zero-order chi connectivity index (χ0) is 25.5. The molecule has 0 aliphatic heterocycles. The maximum atomic E-state index is 13.6. The highest BCUT2D eigenvalue weighted by molar-refractivity contribution is 7.89. The summed E-state index contributed by atoms with van der Waals surface area (Å²) in [5.74, 6) is -0.201. The zero-order valence-corrected chi connectivity index (χ0v) is 22.7. The number of unbranched alkanes of at least 4 members (excludes halogenated alkanes) is 1. The molecule has 3 rings (SSSR count). The van der Waals surface area contributed by atoms with Crippen molar-refractivity contribution in [2.45, 2.75) is 63.9 Å². The fourth-order valence-corrected chi connectivity index (χ4v) is 5.92. The Bertz CT molecular complexity index is 1170. The van der Waals surface area contributed by atoms with Crippen molar-refractivity contribution in [3.63, 3.8) is 0 Å². The molecule has 0 aliphatic rings. The standard InChI is InChI=1S/C28H36N2O3S2/c1-5-6-18-30(35(32,33)26-16-14-24(15-17-26)28(2,3)4)22-27(31)29(21-25-13-10-19-34-25)20-23-11-8-7-9-12-23/h7-17,19H,5-6,18,20-22H2,1-4H3. The van der Waals surface area contributed by atoms with Crippen molar-refractivity contribution in [1.29, 1.82) is 0 Å². The van der Waals surface area contributed by atoms with Crippen molar-refractivity contribution in [2.75, 3.05) is 13.1 Å². The summed E-state index contributed by atoms with van der Waals surface area (Å²) in [6.07, 6.45) is 1.53. The molecule has 1 amide bonds. The Labute approximate surface area is 214 Å². The molecule has 188 valence electrons. The van der Waals surface area contributed by atoms with Crippen LogP contribution in [0.3, 0.4) is 0 Å². The van der Waals surface area contributed by atoms with Crippen LogP contribution in [0.1, 0.15) is 56.5 Å². The summed E-state index contributed by atoms with van der Waals surface area (Å²) < 4.78 is 28.5. The average molecular weight is 513 g/mol. The van der Waals surface area contributed by atoms with Gasteiger partial charge in [-0.25, -0.2) is 8.42 Å². The molecule has 0 radical (unpaired) electrons. The molecular formula is C28H36N2O3S2. The second-order valence-corrected chi connectivity index (χ2v) is 12.8. The Balaban J connectivity index is 1.85. The van der Waals surface area contributed by atoms with Gasteiger partial charge in [0.05, 0.1) is 18.0 Å². The van der Waals surface area contributed by atoms with Gasteiger partial charge >= 0.3 is 0 Å². The minimum absolute atomic E-state index is 0.0696. The Hall–Kier alpha value is -2.48. The maximum Gasteiger partial charge on any atom is 0.243 e. The molecule has 0 N–H and O–H groups in total. The van der Waals surface area contributed by atoms with E-state index < -0.39 is 10.0 Å². The second-order valence-electron chi connectivity index (χ2n) is 9.78. The molecule has 0 saturated carbocycles. The number of sulfonamides is 1. The Kier molecular flexibility index (Phi) is 9.27. The molecule has 3 aromatic rings. The van der Waals surface area contributed by atoms with Gasteiger partial charge in [0, 0.05) is 18.0 Å². The summed E-state index contributed by atoms with van der Waals surface area (Å²) in [5.41, 5.74) is 2.01. The topological polar surface area (TPSA) is 57.7 Å². The van der Waals surface area contributed by atoms with Crippen LogP contribution in [-0.2, 0) is 33.3 Å². The number of benzene rings is 2. The molecule has 1 heterocycles. The minimum atomic E-state index is -3.81. The molecule has 0 atom stereocenters. The molecule has 0 fully saturated rings. The van der Waals surface area contributed by atoms with Gasteiger partial charge in [-0.05, 0) is 46.5 Å². The van der Waals surface area contributed by atoms with Crippen LogP contribution >= 0.6 is 11.3 Å². The van der Waals surface area contributed by atoms with E-state index in [0.29, 0.717) is 26.1 Å². The first-order chi connectivity index (χ1) is 16.6. The number of rotatable bonds is 11. The molecule has 0 saturated heterocycles. The predicted octanol–water partition coefficient (Wildman–Crippen LogP) is 6.07. The van der Waals surface area contributed by atoms with E-state index in [-0.39, 0.29) is 22.8 Å². The van der Waals surface area contributed by atoms with Gasteiger partial charge in [0.25, 0.3) is 0 Å². The van der Waals surface area contributed by atoms with Gasteiger partial charge in [-0.2, -0.15) is 4.31 Å². The summed E-state index contributed by atoms with van der Waals surface area (Å²) in [6, 6.07) is 20.8. The normalized spacial score (nSPS) is 12.1. The van der Waals surface area contributed by atoms with E-state index in [0.717, 1.165) is 22.4 Å². The van der Waals surface area contributed by atoms with Crippen molar-refractivity contribution < 1.29 is 13.2 Å². The third-order valence-corrected chi connectivity index (χ3v) is 8.65. The van der Waals surface area contributed by atoms with Gasteiger partial charge in [0.15, 0.2) is 0 Å². The first-order valence-corrected chi connectivity index (χ1v) is 14.4. The van der Waals surface area contributed by atoms with Gasteiger partial charge in [-0.1, -0.05) is 82.6 Å². The number of nitrogens with zero attached hydrogens (tertiary/aromatic N) is 2. The minimum Gasteiger partial charge on any atom is -0.332 e. The molecule has 2 aromatic carbocycles. The first-order valence-electron chi connectivity index (χ1n) is 12.1. The van der Waals surface area contributed by atoms with Crippen LogP contribution < -0.4 is 0 Å². The maximum absolute atomic E-state index is 13.6. The first kappa shape index (κ1) is 27.1. The SMILES string of the molecule is CCCCN(CC(=O)N(Cc1ccccc1)Cc1cccs1)S(=O)(=O)c1ccc(C(C)(C)C)cc1. The molecule has 0 bridgehead atoms. The van der Waals surface area contributed by atoms with E-state index in [1.165, 1.54) is 4.31 Å². The summed E-state index contributed by atoms with van der Waals surface area (Å²) in [7, 11) is -3.81. The number of hydrogen-bond acceptors (Lipinski definition) is 4.